The van der Waals surface area contributed by atoms with E-state index >= 15 is 0 Å². The molecule has 1 saturated heterocycles. The van der Waals surface area contributed by atoms with Crippen molar-refractivity contribution >= 4 is 5.91 Å². The molecule has 0 aromatic rings. The standard InChI is InChI=1S/C5H12N2O.C5H11N/c1-3-7(2)4-5(6)8;1-6-4-2-3-5-6/h3-4H2,1-2H3,(H2,6,8);2-5H2,1H3. The Hall–Kier alpha value is -0.610. The Labute approximate surface area is 87.0 Å². The number of hydrogen-bond donors (Lipinski definition) is 1. The van der Waals surface area contributed by atoms with Gasteiger partial charge in [0.15, 0.2) is 0 Å². The summed E-state index contributed by atoms with van der Waals surface area (Å²) < 4.78 is 0. The van der Waals surface area contributed by atoms with Gasteiger partial charge in [0.05, 0.1) is 6.54 Å². The first-order chi connectivity index (χ1) is 6.56. The van der Waals surface area contributed by atoms with Crippen molar-refractivity contribution < 1.29 is 4.79 Å². The summed E-state index contributed by atoms with van der Waals surface area (Å²) >= 11 is 0. The van der Waals surface area contributed by atoms with E-state index in [-0.39, 0.29) is 5.91 Å². The topological polar surface area (TPSA) is 49.6 Å². The number of likely N-dealkylation sites (tertiary alicyclic amines) is 1. The van der Waals surface area contributed by atoms with Crippen LogP contribution >= 0.6 is 0 Å². The molecular formula is C10H23N3O. The molecule has 1 aliphatic rings. The van der Waals surface area contributed by atoms with Gasteiger partial charge < -0.3 is 10.6 Å². The largest absolute Gasteiger partial charge is 0.369 e. The molecule has 4 heteroatoms. The molecule has 0 atom stereocenters. The molecule has 0 bridgehead atoms. The average molecular weight is 201 g/mol. The molecule has 1 fully saturated rings. The first-order valence-corrected chi connectivity index (χ1v) is 5.21. The smallest absolute Gasteiger partial charge is 0.231 e. The Morgan fingerprint density at radius 1 is 1.43 bits per heavy atom. The molecule has 2 N–H and O–H groups in total. The molecule has 84 valence electrons. The van der Waals surface area contributed by atoms with Crippen molar-refractivity contribution in [1.29, 1.82) is 0 Å². The first-order valence-electron chi connectivity index (χ1n) is 5.21. The maximum absolute atomic E-state index is 10.1. The Morgan fingerprint density at radius 3 is 2.07 bits per heavy atom. The van der Waals surface area contributed by atoms with Crippen LogP contribution in [-0.2, 0) is 4.79 Å². The van der Waals surface area contributed by atoms with E-state index in [1.165, 1.54) is 25.9 Å². The summed E-state index contributed by atoms with van der Waals surface area (Å²) in [4.78, 5) is 14.4. The molecule has 0 aliphatic carbocycles. The van der Waals surface area contributed by atoms with Gasteiger partial charge in [0.1, 0.15) is 0 Å². The number of nitrogens with zero attached hydrogens (tertiary/aromatic N) is 2. The third-order valence-electron chi connectivity index (χ3n) is 2.30. The fourth-order valence-electron chi connectivity index (χ4n) is 1.25. The van der Waals surface area contributed by atoms with Gasteiger partial charge in [-0.25, -0.2) is 0 Å². The lowest BCUT2D eigenvalue weighted by Crippen LogP contribution is -2.30. The zero-order valence-corrected chi connectivity index (χ0v) is 9.62. The normalized spacial score (nSPS) is 16.6. The number of primary amides is 1. The van der Waals surface area contributed by atoms with Crippen molar-refractivity contribution in [2.75, 3.05) is 40.3 Å². The molecule has 0 radical (unpaired) electrons. The Kier molecular flexibility index (Phi) is 7.42. The van der Waals surface area contributed by atoms with Gasteiger partial charge in [-0.3, -0.25) is 9.69 Å². The van der Waals surface area contributed by atoms with Crippen LogP contribution in [0.3, 0.4) is 0 Å². The van der Waals surface area contributed by atoms with E-state index in [9.17, 15) is 4.79 Å². The predicted octanol–water partition coefficient (Wildman–Crippen LogP) is 0.135. The molecule has 14 heavy (non-hydrogen) atoms. The van der Waals surface area contributed by atoms with E-state index < -0.39 is 0 Å². The number of rotatable bonds is 3. The highest BCUT2D eigenvalue weighted by atomic mass is 16.1. The van der Waals surface area contributed by atoms with Gasteiger partial charge in [0.2, 0.25) is 5.91 Å². The minimum absolute atomic E-state index is 0.269. The summed E-state index contributed by atoms with van der Waals surface area (Å²) in [6, 6.07) is 0. The van der Waals surface area contributed by atoms with E-state index in [0.717, 1.165) is 6.54 Å². The van der Waals surface area contributed by atoms with Crippen LogP contribution < -0.4 is 5.73 Å². The van der Waals surface area contributed by atoms with Crippen LogP contribution in [0.5, 0.6) is 0 Å². The van der Waals surface area contributed by atoms with Gasteiger partial charge in [-0.1, -0.05) is 6.92 Å². The highest BCUT2D eigenvalue weighted by Gasteiger charge is 2.03. The van der Waals surface area contributed by atoms with E-state index in [1.807, 2.05) is 18.9 Å². The third-order valence-corrected chi connectivity index (χ3v) is 2.30. The number of carbonyl (C=O) groups is 1. The van der Waals surface area contributed by atoms with Gasteiger partial charge in [-0.05, 0) is 46.6 Å². The van der Waals surface area contributed by atoms with Gasteiger partial charge in [0.25, 0.3) is 0 Å². The monoisotopic (exact) mass is 201 g/mol. The maximum atomic E-state index is 10.1. The van der Waals surface area contributed by atoms with Crippen LogP contribution in [0.1, 0.15) is 19.8 Å². The second-order valence-electron chi connectivity index (χ2n) is 3.81. The molecule has 1 amide bonds. The number of hydrogen-bond acceptors (Lipinski definition) is 3. The van der Waals surface area contributed by atoms with Crippen LogP contribution in [0.2, 0.25) is 0 Å². The Morgan fingerprint density at radius 2 is 1.93 bits per heavy atom. The van der Waals surface area contributed by atoms with Crippen LogP contribution in [0.4, 0.5) is 0 Å². The number of carbonyl (C=O) groups excluding carboxylic acids is 1. The van der Waals surface area contributed by atoms with Crippen molar-refractivity contribution in [2.24, 2.45) is 5.73 Å². The summed E-state index contributed by atoms with van der Waals surface area (Å²) in [5.74, 6) is -0.269. The van der Waals surface area contributed by atoms with E-state index in [2.05, 4.69) is 11.9 Å². The van der Waals surface area contributed by atoms with Gasteiger partial charge in [-0.2, -0.15) is 0 Å². The molecule has 1 aliphatic heterocycles. The molecule has 4 nitrogen and oxygen atoms in total. The van der Waals surface area contributed by atoms with E-state index in [4.69, 9.17) is 5.73 Å². The maximum Gasteiger partial charge on any atom is 0.231 e. The number of nitrogens with two attached hydrogens (primary N) is 1. The van der Waals surface area contributed by atoms with E-state index in [0.29, 0.717) is 6.54 Å². The highest BCUT2D eigenvalue weighted by Crippen LogP contribution is 2.02. The Balaban J connectivity index is 0.000000249. The van der Waals surface area contributed by atoms with Gasteiger partial charge in [0, 0.05) is 0 Å². The van der Waals surface area contributed by atoms with Crippen LogP contribution in [0.15, 0.2) is 0 Å². The summed E-state index contributed by atoms with van der Waals surface area (Å²) in [5.41, 5.74) is 4.89. The van der Waals surface area contributed by atoms with Crippen molar-refractivity contribution in [1.82, 2.24) is 9.80 Å². The molecule has 0 spiro atoms. The zero-order chi connectivity index (χ0) is 11.0. The first kappa shape index (κ1) is 13.4. The number of amides is 1. The van der Waals surface area contributed by atoms with Crippen LogP contribution in [-0.4, -0.2) is 56.0 Å². The third kappa shape index (κ3) is 8.01. The quantitative estimate of drug-likeness (QED) is 0.706. The van der Waals surface area contributed by atoms with Crippen molar-refractivity contribution in [3.05, 3.63) is 0 Å². The molecule has 0 aromatic heterocycles. The molecule has 0 aromatic carbocycles. The lowest BCUT2D eigenvalue weighted by atomic mass is 10.4. The lowest BCUT2D eigenvalue weighted by molar-refractivity contribution is -0.118. The molecule has 1 rings (SSSR count). The van der Waals surface area contributed by atoms with Crippen LogP contribution in [0, 0.1) is 0 Å². The predicted molar refractivity (Wildman–Crippen MR) is 59.1 cm³/mol. The number of likely N-dealkylation sites (N-methyl/N-ethyl adjacent to an activating group) is 1. The molecule has 1 heterocycles. The zero-order valence-electron chi connectivity index (χ0n) is 9.62. The summed E-state index contributed by atoms with van der Waals surface area (Å²) in [5, 5.41) is 0. The second kappa shape index (κ2) is 7.76. The summed E-state index contributed by atoms with van der Waals surface area (Å²) in [6.45, 7) is 5.84. The van der Waals surface area contributed by atoms with Crippen molar-refractivity contribution in [3.8, 4) is 0 Å². The lowest BCUT2D eigenvalue weighted by Gasteiger charge is -2.08. The van der Waals surface area contributed by atoms with Gasteiger partial charge in [-0.15, -0.1) is 0 Å². The minimum atomic E-state index is -0.269. The Bertz CT molecular complexity index is 155. The fraction of sp³-hybridized carbons (Fsp3) is 0.900. The second-order valence-corrected chi connectivity index (χ2v) is 3.81. The average Bonchev–Trinajstić information content (AvgIpc) is 2.56. The van der Waals surface area contributed by atoms with E-state index in [1.54, 1.807) is 0 Å². The SMILES string of the molecule is CCN(C)CC(N)=O.CN1CCCC1. The fourth-order valence-corrected chi connectivity index (χ4v) is 1.25. The summed E-state index contributed by atoms with van der Waals surface area (Å²) in [6.07, 6.45) is 2.83. The van der Waals surface area contributed by atoms with Gasteiger partial charge >= 0.3 is 0 Å². The van der Waals surface area contributed by atoms with Crippen LogP contribution in [0.25, 0.3) is 0 Å². The summed E-state index contributed by atoms with van der Waals surface area (Å²) in [7, 11) is 4.03. The van der Waals surface area contributed by atoms with Crippen molar-refractivity contribution in [3.63, 3.8) is 0 Å². The molecule has 0 saturated carbocycles. The molecular weight excluding hydrogens is 178 g/mol. The molecule has 0 unspecified atom stereocenters. The highest BCUT2D eigenvalue weighted by molar-refractivity contribution is 5.75. The van der Waals surface area contributed by atoms with Crippen molar-refractivity contribution in [2.45, 2.75) is 19.8 Å². The minimum Gasteiger partial charge on any atom is -0.369 e.